The number of ether oxygens (including phenoxy) is 1. The highest BCUT2D eigenvalue weighted by Gasteiger charge is 2.30. The monoisotopic (exact) mass is 508 g/mol. The molecule has 0 radical (unpaired) electrons. The minimum Gasteiger partial charge on any atom is -0.481 e. The van der Waals surface area contributed by atoms with Crippen LogP contribution in [0.5, 0.6) is 0 Å². The Kier molecular flexibility index (Phi) is 11.5. The first-order chi connectivity index (χ1) is 18.0. The van der Waals surface area contributed by atoms with Gasteiger partial charge < -0.3 is 20.5 Å². The Balaban J connectivity index is 1.43. The number of carbonyl (C=O) groups excluding carboxylic acids is 2. The summed E-state index contributed by atoms with van der Waals surface area (Å²) < 4.78 is 5.48. The highest BCUT2D eigenvalue weighted by atomic mass is 16.5. The third kappa shape index (κ3) is 8.62. The number of rotatable bonds is 16. The van der Waals surface area contributed by atoms with Crippen LogP contribution in [0.2, 0.25) is 0 Å². The molecule has 1 aliphatic carbocycles. The van der Waals surface area contributed by atoms with E-state index in [1.807, 2.05) is 36.4 Å². The minimum atomic E-state index is -1.19. The molecule has 3 rings (SSSR count). The Morgan fingerprint density at radius 3 is 1.95 bits per heavy atom. The van der Waals surface area contributed by atoms with Crippen molar-refractivity contribution < 1.29 is 24.2 Å². The standard InChI is InChI=1S/C30H40N2O5/c1-2-3-4-5-6-7-8-9-14-19-31-29(35)27(20-28(33)34)32-30(36)37-21-26-24-17-12-10-15-22(24)23-16-11-13-18-25(23)26/h10-13,15-18,26-27H,2-9,14,19-21H2,1H3,(H,31,35)(H,32,36)(H,33,34). The molecule has 0 aliphatic heterocycles. The fraction of sp³-hybridized carbons (Fsp3) is 0.500. The average Bonchev–Trinajstić information content (AvgIpc) is 3.21. The van der Waals surface area contributed by atoms with Crippen LogP contribution in [0.1, 0.15) is 88.2 Å². The summed E-state index contributed by atoms with van der Waals surface area (Å²) in [6.07, 6.45) is 9.23. The van der Waals surface area contributed by atoms with Crippen molar-refractivity contribution in [3.63, 3.8) is 0 Å². The first kappa shape index (κ1) is 28.2. The molecular formula is C30H40N2O5. The number of fused-ring (bicyclic) bond motifs is 3. The Labute approximate surface area is 220 Å². The number of carbonyl (C=O) groups is 3. The van der Waals surface area contributed by atoms with Gasteiger partial charge in [0, 0.05) is 12.5 Å². The number of hydrogen-bond acceptors (Lipinski definition) is 4. The van der Waals surface area contributed by atoms with Crippen LogP contribution in [0.4, 0.5) is 4.79 Å². The molecule has 0 saturated carbocycles. The lowest BCUT2D eigenvalue weighted by Gasteiger charge is -2.18. The predicted molar refractivity (Wildman–Crippen MR) is 144 cm³/mol. The molecule has 200 valence electrons. The van der Waals surface area contributed by atoms with Crippen molar-refractivity contribution >= 4 is 18.0 Å². The SMILES string of the molecule is CCCCCCCCCCCNC(=O)C(CC(=O)O)NC(=O)OCC1c2ccccc2-c2ccccc21. The molecule has 2 amide bonds. The predicted octanol–water partition coefficient (Wildman–Crippen LogP) is 6.02. The van der Waals surface area contributed by atoms with E-state index in [0.29, 0.717) is 6.54 Å². The number of unbranched alkanes of at least 4 members (excludes halogenated alkanes) is 8. The normalized spacial score (nSPS) is 12.9. The van der Waals surface area contributed by atoms with Gasteiger partial charge in [0.25, 0.3) is 0 Å². The number of nitrogens with one attached hydrogen (secondary N) is 2. The van der Waals surface area contributed by atoms with E-state index in [1.54, 1.807) is 0 Å². The Morgan fingerprint density at radius 1 is 0.838 bits per heavy atom. The Bertz CT molecular complexity index is 993. The molecular weight excluding hydrogens is 468 g/mol. The van der Waals surface area contributed by atoms with E-state index in [2.05, 4.69) is 29.7 Å². The van der Waals surface area contributed by atoms with Crippen LogP contribution < -0.4 is 10.6 Å². The van der Waals surface area contributed by atoms with Crippen molar-refractivity contribution in [3.8, 4) is 11.1 Å². The van der Waals surface area contributed by atoms with Gasteiger partial charge in [-0.1, -0.05) is 107 Å². The van der Waals surface area contributed by atoms with Gasteiger partial charge in [0.05, 0.1) is 6.42 Å². The fourth-order valence-electron chi connectivity index (χ4n) is 4.94. The second kappa shape index (κ2) is 15.0. The molecule has 0 heterocycles. The third-order valence-corrected chi connectivity index (χ3v) is 6.91. The zero-order valence-corrected chi connectivity index (χ0v) is 21.8. The number of aliphatic carboxylic acids is 1. The summed E-state index contributed by atoms with van der Waals surface area (Å²) in [7, 11) is 0. The number of carboxylic acid groups (broad SMARTS) is 1. The molecule has 7 nitrogen and oxygen atoms in total. The van der Waals surface area contributed by atoms with E-state index < -0.39 is 30.4 Å². The summed E-state index contributed by atoms with van der Waals surface area (Å²) in [6, 6.07) is 14.8. The van der Waals surface area contributed by atoms with Crippen LogP contribution in [0.25, 0.3) is 11.1 Å². The van der Waals surface area contributed by atoms with Gasteiger partial charge in [-0.25, -0.2) is 4.79 Å². The number of carboxylic acids is 1. The molecule has 1 unspecified atom stereocenters. The quantitative estimate of drug-likeness (QED) is 0.241. The topological polar surface area (TPSA) is 105 Å². The van der Waals surface area contributed by atoms with Crippen molar-refractivity contribution in [2.75, 3.05) is 13.2 Å². The Morgan fingerprint density at radius 2 is 1.38 bits per heavy atom. The third-order valence-electron chi connectivity index (χ3n) is 6.91. The van der Waals surface area contributed by atoms with Crippen LogP contribution in [0, 0.1) is 0 Å². The zero-order valence-electron chi connectivity index (χ0n) is 21.8. The second-order valence-electron chi connectivity index (χ2n) is 9.74. The molecule has 2 aromatic rings. The molecule has 7 heteroatoms. The Hall–Kier alpha value is -3.35. The van der Waals surface area contributed by atoms with E-state index in [4.69, 9.17) is 4.74 Å². The van der Waals surface area contributed by atoms with Crippen molar-refractivity contribution in [2.24, 2.45) is 0 Å². The van der Waals surface area contributed by atoms with Crippen molar-refractivity contribution in [1.82, 2.24) is 10.6 Å². The average molecular weight is 509 g/mol. The molecule has 3 N–H and O–H groups in total. The number of alkyl carbamates (subject to hydrolysis) is 1. The maximum absolute atomic E-state index is 12.6. The maximum atomic E-state index is 12.6. The first-order valence-electron chi connectivity index (χ1n) is 13.6. The summed E-state index contributed by atoms with van der Waals surface area (Å²) in [5.41, 5.74) is 4.40. The van der Waals surface area contributed by atoms with Crippen LogP contribution in [0.15, 0.2) is 48.5 Å². The van der Waals surface area contributed by atoms with E-state index >= 15 is 0 Å². The molecule has 2 aromatic carbocycles. The number of hydrogen-bond donors (Lipinski definition) is 3. The minimum absolute atomic E-state index is 0.0969. The molecule has 0 bridgehead atoms. The first-order valence-corrected chi connectivity index (χ1v) is 13.6. The molecule has 1 aliphatic rings. The highest BCUT2D eigenvalue weighted by molar-refractivity contribution is 5.89. The van der Waals surface area contributed by atoms with Gasteiger partial charge in [-0.2, -0.15) is 0 Å². The van der Waals surface area contributed by atoms with Crippen LogP contribution in [-0.4, -0.2) is 42.3 Å². The van der Waals surface area contributed by atoms with Gasteiger partial charge in [0.15, 0.2) is 0 Å². The van der Waals surface area contributed by atoms with E-state index in [-0.39, 0.29) is 12.5 Å². The van der Waals surface area contributed by atoms with E-state index in [1.165, 1.54) is 38.5 Å². The van der Waals surface area contributed by atoms with Crippen molar-refractivity contribution in [3.05, 3.63) is 59.7 Å². The van der Waals surface area contributed by atoms with Gasteiger partial charge in [-0.05, 0) is 28.7 Å². The molecule has 0 saturated heterocycles. The molecule has 0 aromatic heterocycles. The summed E-state index contributed by atoms with van der Waals surface area (Å²) in [5.74, 6) is -1.78. The molecule has 37 heavy (non-hydrogen) atoms. The summed E-state index contributed by atoms with van der Waals surface area (Å²) >= 11 is 0. The summed E-state index contributed by atoms with van der Waals surface area (Å²) in [4.78, 5) is 36.5. The molecule has 1 atom stereocenters. The molecule has 0 spiro atoms. The van der Waals surface area contributed by atoms with Gasteiger partial charge in [0.2, 0.25) is 5.91 Å². The second-order valence-corrected chi connectivity index (χ2v) is 9.74. The number of amides is 2. The van der Waals surface area contributed by atoms with Gasteiger partial charge in [-0.3, -0.25) is 9.59 Å². The van der Waals surface area contributed by atoms with Crippen molar-refractivity contribution in [1.29, 1.82) is 0 Å². The van der Waals surface area contributed by atoms with Gasteiger partial charge >= 0.3 is 12.1 Å². The van der Waals surface area contributed by atoms with Crippen molar-refractivity contribution in [2.45, 2.75) is 83.1 Å². The fourth-order valence-corrected chi connectivity index (χ4v) is 4.94. The van der Waals surface area contributed by atoms with Crippen LogP contribution in [-0.2, 0) is 14.3 Å². The van der Waals surface area contributed by atoms with Gasteiger partial charge in [-0.15, -0.1) is 0 Å². The van der Waals surface area contributed by atoms with Crippen LogP contribution in [0.3, 0.4) is 0 Å². The smallest absolute Gasteiger partial charge is 0.407 e. The van der Waals surface area contributed by atoms with E-state index in [9.17, 15) is 19.5 Å². The zero-order chi connectivity index (χ0) is 26.5. The lowest BCUT2D eigenvalue weighted by molar-refractivity contribution is -0.139. The lowest BCUT2D eigenvalue weighted by atomic mass is 9.98. The lowest BCUT2D eigenvalue weighted by Crippen LogP contribution is -2.48. The molecule has 0 fully saturated rings. The van der Waals surface area contributed by atoms with E-state index in [0.717, 1.165) is 41.5 Å². The largest absolute Gasteiger partial charge is 0.481 e. The van der Waals surface area contributed by atoms with Gasteiger partial charge in [0.1, 0.15) is 12.6 Å². The maximum Gasteiger partial charge on any atom is 0.407 e. The van der Waals surface area contributed by atoms with Crippen LogP contribution >= 0.6 is 0 Å². The highest BCUT2D eigenvalue weighted by Crippen LogP contribution is 2.44. The number of benzene rings is 2. The summed E-state index contributed by atoms with van der Waals surface area (Å²) in [6.45, 7) is 2.76. The summed E-state index contributed by atoms with van der Waals surface area (Å²) in [5, 5.41) is 14.5.